The number of nitrogens with two attached hydrogens (primary N) is 2. The van der Waals surface area contributed by atoms with E-state index in [4.69, 9.17) is 11.7 Å². The highest BCUT2D eigenvalue weighted by Gasteiger charge is 1.93. The number of hydrogen-bond donors (Lipinski definition) is 4. The van der Waals surface area contributed by atoms with Gasteiger partial charge in [-0.2, -0.15) is 0 Å². The van der Waals surface area contributed by atoms with Gasteiger partial charge in [-0.15, -0.1) is 24.8 Å². The van der Waals surface area contributed by atoms with Crippen molar-refractivity contribution in [1.29, 1.82) is 0 Å². The predicted octanol–water partition coefficient (Wildman–Crippen LogP) is 2.93. The van der Waals surface area contributed by atoms with Crippen LogP contribution in [-0.2, 0) is 0 Å². The first-order valence-corrected chi connectivity index (χ1v) is 5.00. The van der Waals surface area contributed by atoms with Crippen molar-refractivity contribution in [1.82, 2.24) is 0 Å². The lowest BCUT2D eigenvalue weighted by atomic mass is 10.3. The molecule has 2 aromatic rings. The van der Waals surface area contributed by atoms with Gasteiger partial charge in [0, 0.05) is 5.69 Å². The minimum Gasteiger partial charge on any atom is -0.324 e. The van der Waals surface area contributed by atoms with E-state index in [0.717, 1.165) is 5.69 Å². The molecule has 0 aliphatic rings. The minimum absolute atomic E-state index is 0. The molecule has 106 valence electrons. The Labute approximate surface area is 124 Å². The molecule has 0 aliphatic heterocycles. The van der Waals surface area contributed by atoms with Crippen molar-refractivity contribution < 1.29 is 4.39 Å². The van der Waals surface area contributed by atoms with E-state index in [1.807, 2.05) is 30.3 Å². The summed E-state index contributed by atoms with van der Waals surface area (Å²) in [6.45, 7) is 0. The van der Waals surface area contributed by atoms with Crippen LogP contribution in [0.15, 0.2) is 54.6 Å². The third-order valence-corrected chi connectivity index (χ3v) is 1.97. The van der Waals surface area contributed by atoms with Crippen molar-refractivity contribution in [2.24, 2.45) is 11.7 Å². The lowest BCUT2D eigenvalue weighted by Crippen LogP contribution is -2.07. The molecule has 0 unspecified atom stereocenters. The quantitative estimate of drug-likeness (QED) is 0.508. The smallest absolute Gasteiger partial charge is 0.147 e. The number of benzene rings is 2. The molecule has 0 heterocycles. The zero-order valence-corrected chi connectivity index (χ0v) is 11.7. The van der Waals surface area contributed by atoms with E-state index in [0.29, 0.717) is 5.69 Å². The van der Waals surface area contributed by atoms with Gasteiger partial charge in [-0.1, -0.05) is 30.3 Å². The van der Waals surface area contributed by atoms with Crippen LogP contribution in [0.4, 0.5) is 15.8 Å². The first-order chi connectivity index (χ1) is 8.27. The molecular formula is C12H17Cl2FN4. The van der Waals surface area contributed by atoms with Crippen LogP contribution in [-0.4, -0.2) is 0 Å². The molecular weight excluding hydrogens is 290 g/mol. The van der Waals surface area contributed by atoms with Crippen molar-refractivity contribution >= 4 is 36.2 Å². The number of para-hydroxylation sites is 2. The average molecular weight is 307 g/mol. The largest absolute Gasteiger partial charge is 0.324 e. The van der Waals surface area contributed by atoms with Gasteiger partial charge in [0.05, 0.1) is 5.69 Å². The lowest BCUT2D eigenvalue weighted by molar-refractivity contribution is 0.630. The maximum Gasteiger partial charge on any atom is 0.147 e. The SMILES string of the molecule is Cl.Cl.NNc1ccccc1.NNc1ccccc1F. The number of hydrogen-bond acceptors (Lipinski definition) is 4. The first kappa shape index (κ1) is 19.8. The fourth-order valence-corrected chi connectivity index (χ4v) is 1.11. The molecule has 7 heteroatoms. The normalized spacial score (nSPS) is 7.95. The third kappa shape index (κ3) is 7.48. The van der Waals surface area contributed by atoms with E-state index in [2.05, 4.69) is 10.9 Å². The molecule has 0 spiro atoms. The van der Waals surface area contributed by atoms with Crippen molar-refractivity contribution in [2.75, 3.05) is 10.9 Å². The number of nitrogen functional groups attached to an aromatic ring is 2. The minimum atomic E-state index is -0.333. The van der Waals surface area contributed by atoms with Crippen LogP contribution in [0.2, 0.25) is 0 Å². The first-order valence-electron chi connectivity index (χ1n) is 5.00. The van der Waals surface area contributed by atoms with E-state index in [1.165, 1.54) is 6.07 Å². The van der Waals surface area contributed by atoms with Gasteiger partial charge in [0.1, 0.15) is 5.82 Å². The lowest BCUT2D eigenvalue weighted by Gasteiger charge is -1.97. The Morgan fingerprint density at radius 3 is 1.63 bits per heavy atom. The molecule has 19 heavy (non-hydrogen) atoms. The van der Waals surface area contributed by atoms with Crippen LogP contribution >= 0.6 is 24.8 Å². The van der Waals surface area contributed by atoms with Crippen molar-refractivity contribution in [3.05, 3.63) is 60.4 Å². The molecule has 2 rings (SSSR count). The van der Waals surface area contributed by atoms with E-state index in [-0.39, 0.29) is 30.6 Å². The Bertz CT molecular complexity index is 443. The number of anilines is 2. The molecule has 6 N–H and O–H groups in total. The Hall–Kier alpha value is -1.53. The standard InChI is InChI=1S/C6H7FN2.C6H8N2.2ClH/c7-5-3-1-2-4-6(5)9-8;7-8-6-4-2-1-3-5-6;;/h1-4,9H,8H2;1-5,8H,7H2;2*1H. The molecule has 0 radical (unpaired) electrons. The predicted molar refractivity (Wildman–Crippen MR) is 83.0 cm³/mol. The summed E-state index contributed by atoms with van der Waals surface area (Å²) in [5, 5.41) is 0. The number of halogens is 3. The number of rotatable bonds is 2. The van der Waals surface area contributed by atoms with Gasteiger partial charge in [0.25, 0.3) is 0 Å². The van der Waals surface area contributed by atoms with Crippen LogP contribution in [0.3, 0.4) is 0 Å². The molecule has 4 nitrogen and oxygen atoms in total. The van der Waals surface area contributed by atoms with Crippen molar-refractivity contribution in [2.45, 2.75) is 0 Å². The van der Waals surface area contributed by atoms with Crippen LogP contribution < -0.4 is 22.5 Å². The maximum absolute atomic E-state index is 12.4. The Morgan fingerprint density at radius 1 is 0.737 bits per heavy atom. The molecule has 2 aromatic carbocycles. The highest BCUT2D eigenvalue weighted by Crippen LogP contribution is 2.09. The Kier molecular flexibility index (Phi) is 12.0. The van der Waals surface area contributed by atoms with Gasteiger partial charge in [-0.05, 0) is 24.3 Å². The van der Waals surface area contributed by atoms with E-state index >= 15 is 0 Å². The second-order valence-electron chi connectivity index (χ2n) is 3.13. The van der Waals surface area contributed by atoms with E-state index < -0.39 is 0 Å². The van der Waals surface area contributed by atoms with Gasteiger partial charge in [0.15, 0.2) is 0 Å². The van der Waals surface area contributed by atoms with Crippen LogP contribution in [0.1, 0.15) is 0 Å². The molecule has 0 atom stereocenters. The summed E-state index contributed by atoms with van der Waals surface area (Å²) in [5.74, 6) is 9.73. The van der Waals surface area contributed by atoms with Gasteiger partial charge in [0.2, 0.25) is 0 Å². The average Bonchev–Trinajstić information content (AvgIpc) is 2.41. The molecule has 0 aromatic heterocycles. The third-order valence-electron chi connectivity index (χ3n) is 1.97. The van der Waals surface area contributed by atoms with E-state index in [9.17, 15) is 4.39 Å². The number of hydrazine groups is 2. The van der Waals surface area contributed by atoms with Crippen LogP contribution in [0.25, 0.3) is 0 Å². The summed E-state index contributed by atoms with van der Waals surface area (Å²) < 4.78 is 12.4. The van der Waals surface area contributed by atoms with Gasteiger partial charge >= 0.3 is 0 Å². The zero-order chi connectivity index (χ0) is 12.5. The highest BCUT2D eigenvalue weighted by atomic mass is 35.5. The molecule has 0 fully saturated rings. The monoisotopic (exact) mass is 306 g/mol. The molecule has 0 saturated heterocycles. The van der Waals surface area contributed by atoms with Crippen molar-refractivity contribution in [3.63, 3.8) is 0 Å². The second-order valence-corrected chi connectivity index (χ2v) is 3.13. The van der Waals surface area contributed by atoms with Gasteiger partial charge in [-0.3, -0.25) is 11.7 Å². The van der Waals surface area contributed by atoms with Crippen LogP contribution in [0.5, 0.6) is 0 Å². The summed E-state index contributed by atoms with van der Waals surface area (Å²) in [6, 6.07) is 15.8. The van der Waals surface area contributed by atoms with Crippen molar-refractivity contribution in [3.8, 4) is 0 Å². The summed E-state index contributed by atoms with van der Waals surface area (Å²) in [7, 11) is 0. The van der Waals surface area contributed by atoms with Crippen LogP contribution in [0, 0.1) is 5.82 Å². The highest BCUT2D eigenvalue weighted by molar-refractivity contribution is 5.85. The van der Waals surface area contributed by atoms with Gasteiger partial charge in [-0.25, -0.2) is 4.39 Å². The fraction of sp³-hybridized carbons (Fsp3) is 0. The second kappa shape index (κ2) is 11.6. The summed E-state index contributed by atoms with van der Waals surface area (Å²) >= 11 is 0. The maximum atomic E-state index is 12.4. The molecule has 0 aliphatic carbocycles. The fourth-order valence-electron chi connectivity index (χ4n) is 1.11. The summed E-state index contributed by atoms with van der Waals surface area (Å²) in [6.07, 6.45) is 0. The number of nitrogens with one attached hydrogen (secondary N) is 2. The Morgan fingerprint density at radius 2 is 1.26 bits per heavy atom. The summed E-state index contributed by atoms with van der Waals surface area (Å²) in [5.41, 5.74) is 6.00. The molecule has 0 amide bonds. The molecule has 0 saturated carbocycles. The van der Waals surface area contributed by atoms with E-state index in [1.54, 1.807) is 18.2 Å². The topological polar surface area (TPSA) is 76.1 Å². The Balaban J connectivity index is 0. The molecule has 0 bridgehead atoms. The summed E-state index contributed by atoms with van der Waals surface area (Å²) in [4.78, 5) is 0. The zero-order valence-electron chi connectivity index (χ0n) is 10.0. The van der Waals surface area contributed by atoms with Gasteiger partial charge < -0.3 is 10.9 Å².